The number of benzene rings is 2. The maximum atomic E-state index is 8.78. The molecule has 0 fully saturated rings. The topological polar surface area (TPSA) is 45.0 Å². The van der Waals surface area contributed by atoms with Crippen LogP contribution in [0.15, 0.2) is 54.6 Å². The minimum absolute atomic E-state index is 0.584. The van der Waals surface area contributed by atoms with Crippen molar-refractivity contribution in [1.82, 2.24) is 0 Å². The zero-order valence-electron chi connectivity index (χ0n) is 9.97. The van der Waals surface area contributed by atoms with Crippen LogP contribution < -0.4 is 10.1 Å². The summed E-state index contributed by atoms with van der Waals surface area (Å²) in [5.74, 6) is 0.866. The average molecular weight is 238 g/mol. The molecule has 0 heterocycles. The molecule has 0 aromatic heterocycles. The highest BCUT2D eigenvalue weighted by Gasteiger charge is 1.95. The summed E-state index contributed by atoms with van der Waals surface area (Å²) in [5, 5.41) is 12.0. The van der Waals surface area contributed by atoms with E-state index in [0.717, 1.165) is 11.4 Å². The number of hydrogen-bond acceptors (Lipinski definition) is 3. The Kier molecular flexibility index (Phi) is 4.21. The van der Waals surface area contributed by atoms with Gasteiger partial charge in [-0.25, -0.2) is 0 Å². The number of hydrogen-bond donors (Lipinski definition) is 1. The summed E-state index contributed by atoms with van der Waals surface area (Å²) < 4.78 is 5.56. The number of nitrogens with zero attached hydrogens (tertiary/aromatic N) is 1. The van der Waals surface area contributed by atoms with Crippen molar-refractivity contribution in [1.29, 1.82) is 5.26 Å². The summed E-state index contributed by atoms with van der Waals surface area (Å²) in [6, 6.07) is 19.2. The smallest absolute Gasteiger partial charge is 0.119 e. The van der Waals surface area contributed by atoms with E-state index >= 15 is 0 Å². The second-order valence-electron chi connectivity index (χ2n) is 3.78. The van der Waals surface area contributed by atoms with E-state index in [1.807, 2.05) is 48.5 Å². The molecule has 18 heavy (non-hydrogen) atoms. The molecule has 0 aliphatic heterocycles. The highest BCUT2D eigenvalue weighted by molar-refractivity contribution is 5.49. The van der Waals surface area contributed by atoms with E-state index in [2.05, 4.69) is 11.4 Å². The highest BCUT2D eigenvalue weighted by Crippen LogP contribution is 2.10. The number of rotatable bonds is 5. The lowest BCUT2D eigenvalue weighted by Gasteiger charge is -2.08. The average Bonchev–Trinajstić information content (AvgIpc) is 2.45. The van der Waals surface area contributed by atoms with Gasteiger partial charge in [-0.1, -0.05) is 24.3 Å². The van der Waals surface area contributed by atoms with Gasteiger partial charge in [0.25, 0.3) is 0 Å². The monoisotopic (exact) mass is 238 g/mol. The van der Waals surface area contributed by atoms with E-state index in [-0.39, 0.29) is 0 Å². The number of para-hydroxylation sites is 1. The number of nitrogens with one attached hydrogen (secondary N) is 1. The molecule has 0 saturated carbocycles. The van der Waals surface area contributed by atoms with Crippen LogP contribution in [0.3, 0.4) is 0 Å². The van der Waals surface area contributed by atoms with Crippen LogP contribution in [-0.2, 0) is 0 Å². The maximum Gasteiger partial charge on any atom is 0.119 e. The van der Waals surface area contributed by atoms with Gasteiger partial charge in [-0.3, -0.25) is 0 Å². The summed E-state index contributed by atoms with van der Waals surface area (Å²) in [4.78, 5) is 0. The van der Waals surface area contributed by atoms with Gasteiger partial charge in [-0.2, -0.15) is 5.26 Å². The Hall–Kier alpha value is -2.47. The molecule has 3 nitrogen and oxygen atoms in total. The van der Waals surface area contributed by atoms with Crippen molar-refractivity contribution >= 4 is 5.69 Å². The predicted octanol–water partition coefficient (Wildman–Crippen LogP) is 3.05. The van der Waals surface area contributed by atoms with Crippen molar-refractivity contribution in [2.45, 2.75) is 0 Å². The lowest BCUT2D eigenvalue weighted by atomic mass is 10.2. The van der Waals surface area contributed by atoms with Crippen LogP contribution in [0, 0.1) is 11.3 Å². The number of nitriles is 1. The van der Waals surface area contributed by atoms with Crippen LogP contribution in [0.1, 0.15) is 5.56 Å². The summed E-state index contributed by atoms with van der Waals surface area (Å²) in [7, 11) is 0. The van der Waals surface area contributed by atoms with E-state index in [1.165, 1.54) is 0 Å². The third kappa shape index (κ3) is 3.53. The minimum Gasteiger partial charge on any atom is -0.492 e. The Morgan fingerprint density at radius 1 is 1.06 bits per heavy atom. The SMILES string of the molecule is N#Cc1cccc(NCCOc2ccccc2)c1. The van der Waals surface area contributed by atoms with E-state index in [9.17, 15) is 0 Å². The molecule has 3 heteroatoms. The van der Waals surface area contributed by atoms with Gasteiger partial charge >= 0.3 is 0 Å². The van der Waals surface area contributed by atoms with Gasteiger partial charge in [0, 0.05) is 12.2 Å². The largest absolute Gasteiger partial charge is 0.492 e. The van der Waals surface area contributed by atoms with Gasteiger partial charge in [0.1, 0.15) is 12.4 Å². The van der Waals surface area contributed by atoms with Crippen molar-refractivity contribution in [2.75, 3.05) is 18.5 Å². The van der Waals surface area contributed by atoms with Crippen molar-refractivity contribution in [3.8, 4) is 11.8 Å². The van der Waals surface area contributed by atoms with Crippen LogP contribution in [-0.4, -0.2) is 13.2 Å². The molecular formula is C15H14N2O. The van der Waals surface area contributed by atoms with Crippen LogP contribution in [0.4, 0.5) is 5.69 Å². The summed E-state index contributed by atoms with van der Waals surface area (Å²) in [6.07, 6.45) is 0. The van der Waals surface area contributed by atoms with Gasteiger partial charge in [-0.15, -0.1) is 0 Å². The molecule has 0 aliphatic carbocycles. The van der Waals surface area contributed by atoms with E-state index in [4.69, 9.17) is 10.00 Å². The van der Waals surface area contributed by atoms with E-state index < -0.39 is 0 Å². The summed E-state index contributed by atoms with van der Waals surface area (Å²) >= 11 is 0. The molecule has 0 amide bonds. The van der Waals surface area contributed by atoms with Crippen LogP contribution in [0.2, 0.25) is 0 Å². The molecule has 0 spiro atoms. The van der Waals surface area contributed by atoms with E-state index in [1.54, 1.807) is 6.07 Å². The molecule has 0 aliphatic rings. The summed E-state index contributed by atoms with van der Waals surface area (Å²) in [6.45, 7) is 1.28. The zero-order chi connectivity index (χ0) is 12.6. The predicted molar refractivity (Wildman–Crippen MR) is 71.6 cm³/mol. The Morgan fingerprint density at radius 3 is 2.67 bits per heavy atom. The first-order valence-corrected chi connectivity index (χ1v) is 5.80. The van der Waals surface area contributed by atoms with Crippen molar-refractivity contribution in [3.05, 3.63) is 60.2 Å². The highest BCUT2D eigenvalue weighted by atomic mass is 16.5. The molecule has 2 rings (SSSR count). The number of ether oxygens (including phenoxy) is 1. The second-order valence-corrected chi connectivity index (χ2v) is 3.78. The first kappa shape index (κ1) is 12.0. The lowest BCUT2D eigenvalue weighted by Crippen LogP contribution is -2.11. The Labute approximate surface area is 107 Å². The van der Waals surface area contributed by atoms with Crippen LogP contribution in [0.25, 0.3) is 0 Å². The molecule has 0 unspecified atom stereocenters. The van der Waals surface area contributed by atoms with Gasteiger partial charge in [0.15, 0.2) is 0 Å². The molecule has 0 bridgehead atoms. The first-order valence-electron chi connectivity index (χ1n) is 5.80. The van der Waals surface area contributed by atoms with Gasteiger partial charge < -0.3 is 10.1 Å². The zero-order valence-corrected chi connectivity index (χ0v) is 9.97. The second kappa shape index (κ2) is 6.31. The Bertz CT molecular complexity index is 532. The molecule has 90 valence electrons. The molecule has 2 aromatic rings. The lowest BCUT2D eigenvalue weighted by molar-refractivity contribution is 0.333. The Morgan fingerprint density at radius 2 is 1.89 bits per heavy atom. The van der Waals surface area contributed by atoms with Crippen molar-refractivity contribution in [3.63, 3.8) is 0 Å². The third-order valence-corrected chi connectivity index (χ3v) is 2.43. The maximum absolute atomic E-state index is 8.78. The van der Waals surface area contributed by atoms with Gasteiger partial charge in [0.05, 0.1) is 11.6 Å². The minimum atomic E-state index is 0.584. The Balaban J connectivity index is 1.77. The molecule has 0 saturated heterocycles. The first-order chi connectivity index (χ1) is 8.88. The van der Waals surface area contributed by atoms with Gasteiger partial charge in [0.2, 0.25) is 0 Å². The van der Waals surface area contributed by atoms with Gasteiger partial charge in [-0.05, 0) is 30.3 Å². The standard InChI is InChI=1S/C15H14N2O/c16-12-13-5-4-6-14(11-13)17-9-10-18-15-7-2-1-3-8-15/h1-8,11,17H,9-10H2. The normalized spacial score (nSPS) is 9.50. The van der Waals surface area contributed by atoms with Crippen LogP contribution >= 0.6 is 0 Å². The quantitative estimate of drug-likeness (QED) is 0.814. The van der Waals surface area contributed by atoms with Crippen molar-refractivity contribution in [2.24, 2.45) is 0 Å². The fourth-order valence-corrected chi connectivity index (χ4v) is 1.58. The van der Waals surface area contributed by atoms with E-state index in [0.29, 0.717) is 18.7 Å². The fourth-order valence-electron chi connectivity index (χ4n) is 1.58. The van der Waals surface area contributed by atoms with Crippen molar-refractivity contribution < 1.29 is 4.74 Å². The molecule has 1 N–H and O–H groups in total. The van der Waals surface area contributed by atoms with Crippen LogP contribution in [0.5, 0.6) is 5.75 Å². The molecule has 0 atom stereocenters. The molecule has 2 aromatic carbocycles. The molecular weight excluding hydrogens is 224 g/mol. The summed E-state index contributed by atoms with van der Waals surface area (Å²) in [5.41, 5.74) is 1.59. The molecule has 0 radical (unpaired) electrons. The third-order valence-electron chi connectivity index (χ3n) is 2.43. The number of anilines is 1. The fraction of sp³-hybridized carbons (Fsp3) is 0.133.